The number of nitrogens with zero attached hydrogens (tertiary/aromatic N) is 4. The quantitative estimate of drug-likeness (QED) is 0.360. The molecule has 0 aliphatic heterocycles. The van der Waals surface area contributed by atoms with Crippen molar-refractivity contribution >= 4 is 21.6 Å². The summed E-state index contributed by atoms with van der Waals surface area (Å²) in [6.07, 6.45) is 3.44. The maximum absolute atomic E-state index is 13.2. The van der Waals surface area contributed by atoms with Crippen LogP contribution in [0.5, 0.6) is 0 Å². The normalized spacial score (nSPS) is 10.6. The first kappa shape index (κ1) is 12.8. The minimum atomic E-state index is -0.848. The third-order valence-electron chi connectivity index (χ3n) is 1.69. The highest BCUT2D eigenvalue weighted by Gasteiger charge is 2.16. The second-order valence-electron chi connectivity index (χ2n) is 2.94. The molecule has 0 saturated carbocycles. The predicted octanol–water partition coefficient (Wildman–Crippen LogP) is 0.821. The van der Waals surface area contributed by atoms with Crippen LogP contribution in [0, 0.1) is 22.3 Å². The van der Waals surface area contributed by atoms with Crippen LogP contribution in [0.1, 0.15) is 0 Å². The lowest BCUT2D eigenvalue weighted by Crippen LogP contribution is -2.26. The molecule has 2 heterocycles. The molecule has 0 atom stereocenters. The van der Waals surface area contributed by atoms with E-state index in [-0.39, 0.29) is 9.79 Å². The van der Waals surface area contributed by atoms with Crippen molar-refractivity contribution in [3.63, 3.8) is 0 Å². The van der Waals surface area contributed by atoms with E-state index in [1.165, 1.54) is 0 Å². The van der Waals surface area contributed by atoms with E-state index in [9.17, 15) is 19.2 Å². The maximum Gasteiger partial charge on any atom is 0.338 e. The Morgan fingerprint density at radius 3 is 1.67 bits per heavy atom. The van der Waals surface area contributed by atoms with Crippen LogP contribution in [-0.2, 0) is 0 Å². The average Bonchev–Trinajstić information content (AvgIpc) is 2.34. The predicted molar refractivity (Wildman–Crippen MR) is 58.0 cm³/mol. The molecule has 0 amide bonds. The van der Waals surface area contributed by atoms with Gasteiger partial charge in [-0.05, 0) is 31.6 Å². The van der Waals surface area contributed by atoms with Gasteiger partial charge in [-0.25, -0.2) is 9.46 Å². The second-order valence-corrected chi connectivity index (χ2v) is 5.16. The highest BCUT2D eigenvalue weighted by molar-refractivity contribution is 8.76. The molecule has 0 radical (unpaired) electrons. The van der Waals surface area contributed by atoms with Crippen molar-refractivity contribution < 1.29 is 18.2 Å². The van der Waals surface area contributed by atoms with Gasteiger partial charge in [0.2, 0.25) is 0 Å². The molecule has 2 aromatic heterocycles. The molecule has 0 spiro atoms. The van der Waals surface area contributed by atoms with Gasteiger partial charge in [0.15, 0.2) is 0 Å². The summed E-state index contributed by atoms with van der Waals surface area (Å²) in [6.45, 7) is 0. The van der Waals surface area contributed by atoms with Crippen molar-refractivity contribution in [2.45, 2.75) is 9.79 Å². The van der Waals surface area contributed by atoms with Crippen LogP contribution in [-0.4, -0.2) is 9.97 Å². The average molecular weight is 290 g/mol. The van der Waals surface area contributed by atoms with Crippen LogP contribution in [0.3, 0.4) is 0 Å². The zero-order valence-corrected chi connectivity index (χ0v) is 10.1. The molecule has 6 nitrogen and oxygen atoms in total. The Labute approximate surface area is 107 Å². The molecule has 0 fully saturated rings. The number of aromatic nitrogens is 4. The minimum absolute atomic E-state index is 0.0711. The minimum Gasteiger partial charge on any atom is -0.711 e. The lowest BCUT2D eigenvalue weighted by Gasteiger charge is -2.03. The molecule has 0 unspecified atom stereocenters. The lowest BCUT2D eigenvalue weighted by molar-refractivity contribution is -0.611. The van der Waals surface area contributed by atoms with Crippen molar-refractivity contribution in [2.24, 2.45) is 0 Å². The first-order valence-electron chi connectivity index (χ1n) is 4.39. The smallest absolute Gasteiger partial charge is 0.338 e. The van der Waals surface area contributed by atoms with Gasteiger partial charge in [-0.1, -0.05) is 0 Å². The van der Waals surface area contributed by atoms with E-state index < -0.39 is 11.9 Å². The summed E-state index contributed by atoms with van der Waals surface area (Å²) in [7, 11) is 1.53. The number of hydrogen-bond donors (Lipinski definition) is 0. The molecule has 0 saturated heterocycles. The number of hydrogen-bond acceptors (Lipinski definition) is 6. The van der Waals surface area contributed by atoms with Gasteiger partial charge in [0, 0.05) is 0 Å². The summed E-state index contributed by atoms with van der Waals surface area (Å²) in [5, 5.41) is 21.8. The summed E-state index contributed by atoms with van der Waals surface area (Å²) in [6, 6.07) is 0. The standard InChI is InChI=1S/C8H4F2N4O2S2/c9-7-5(1-13(15)3-11-7)17-18-6-2-14(16)4-12-8(6)10/h1-4H. The van der Waals surface area contributed by atoms with Crippen molar-refractivity contribution in [3.05, 3.63) is 47.4 Å². The molecule has 94 valence electrons. The van der Waals surface area contributed by atoms with Crippen LogP contribution in [0.2, 0.25) is 0 Å². The lowest BCUT2D eigenvalue weighted by atomic mass is 10.6. The van der Waals surface area contributed by atoms with Crippen molar-refractivity contribution in [3.8, 4) is 0 Å². The zero-order chi connectivity index (χ0) is 13.1. The number of halogens is 2. The molecule has 2 rings (SSSR count). The van der Waals surface area contributed by atoms with E-state index in [0.29, 0.717) is 9.46 Å². The first-order chi connectivity index (χ1) is 8.56. The highest BCUT2D eigenvalue weighted by atomic mass is 33.1. The van der Waals surface area contributed by atoms with Gasteiger partial charge in [0.05, 0.1) is 0 Å². The topological polar surface area (TPSA) is 79.7 Å². The fourth-order valence-electron chi connectivity index (χ4n) is 0.948. The highest BCUT2D eigenvalue weighted by Crippen LogP contribution is 2.37. The van der Waals surface area contributed by atoms with E-state index >= 15 is 0 Å². The Morgan fingerprint density at radius 1 is 0.889 bits per heavy atom. The van der Waals surface area contributed by atoms with E-state index in [1.54, 1.807) is 0 Å². The van der Waals surface area contributed by atoms with E-state index in [4.69, 9.17) is 0 Å². The molecule has 0 aliphatic rings. The summed E-state index contributed by atoms with van der Waals surface area (Å²) in [5.74, 6) is -1.70. The molecule has 10 heteroatoms. The first-order valence-corrected chi connectivity index (χ1v) is 6.54. The van der Waals surface area contributed by atoms with Gasteiger partial charge in [0.1, 0.15) is 22.2 Å². The molecule has 0 N–H and O–H groups in total. The van der Waals surface area contributed by atoms with Crippen LogP contribution in [0.15, 0.2) is 34.8 Å². The summed E-state index contributed by atoms with van der Waals surface area (Å²) < 4.78 is 27.0. The van der Waals surface area contributed by atoms with Gasteiger partial charge >= 0.3 is 11.9 Å². The second kappa shape index (κ2) is 5.31. The Balaban J connectivity index is 2.16. The monoisotopic (exact) mass is 290 g/mol. The molecule has 0 aromatic carbocycles. The van der Waals surface area contributed by atoms with Crippen LogP contribution in [0.25, 0.3) is 0 Å². The number of rotatable bonds is 3. The summed E-state index contributed by atoms with van der Waals surface area (Å²) >= 11 is 0. The Kier molecular flexibility index (Phi) is 3.77. The summed E-state index contributed by atoms with van der Waals surface area (Å²) in [5.41, 5.74) is 0. The van der Waals surface area contributed by atoms with Gasteiger partial charge in [-0.3, -0.25) is 0 Å². The Bertz CT molecular complexity index is 536. The Hall–Kier alpha value is -1.68. The molecular weight excluding hydrogens is 286 g/mol. The van der Waals surface area contributed by atoms with Gasteiger partial charge in [-0.15, -0.1) is 0 Å². The third kappa shape index (κ3) is 2.96. The van der Waals surface area contributed by atoms with Crippen LogP contribution in [0.4, 0.5) is 8.78 Å². The molecule has 0 aliphatic carbocycles. The largest absolute Gasteiger partial charge is 0.711 e. The molecule has 0 bridgehead atoms. The molecule has 18 heavy (non-hydrogen) atoms. The van der Waals surface area contributed by atoms with Crippen molar-refractivity contribution in [2.75, 3.05) is 0 Å². The Morgan fingerprint density at radius 2 is 1.28 bits per heavy atom. The van der Waals surface area contributed by atoms with Crippen LogP contribution < -0.4 is 9.46 Å². The van der Waals surface area contributed by atoms with Gasteiger partial charge in [0.25, 0.3) is 12.7 Å². The van der Waals surface area contributed by atoms with Gasteiger partial charge < -0.3 is 10.4 Å². The third-order valence-corrected chi connectivity index (χ3v) is 4.00. The SMILES string of the molecule is [O-][n+]1cnc(F)c(SSc2c[n+]([O-])cnc2F)c1. The van der Waals surface area contributed by atoms with Crippen LogP contribution >= 0.6 is 21.6 Å². The maximum atomic E-state index is 13.2. The van der Waals surface area contributed by atoms with Crippen molar-refractivity contribution in [1.82, 2.24) is 9.97 Å². The zero-order valence-electron chi connectivity index (χ0n) is 8.49. The van der Waals surface area contributed by atoms with E-state index in [2.05, 4.69) is 9.97 Å². The van der Waals surface area contributed by atoms with E-state index in [0.717, 1.165) is 46.6 Å². The molecular formula is C8H4F2N4O2S2. The summed E-state index contributed by atoms with van der Waals surface area (Å²) in [4.78, 5) is 6.27. The molecule has 2 aromatic rings. The fourth-order valence-corrected chi connectivity index (χ4v) is 2.87. The van der Waals surface area contributed by atoms with Gasteiger partial charge in [-0.2, -0.15) is 8.78 Å². The fraction of sp³-hybridized carbons (Fsp3) is 0. The van der Waals surface area contributed by atoms with Crippen molar-refractivity contribution in [1.29, 1.82) is 0 Å². The van der Waals surface area contributed by atoms with E-state index in [1.807, 2.05) is 0 Å².